The molecule has 0 heterocycles. The Morgan fingerprint density at radius 1 is 1.40 bits per heavy atom. The lowest BCUT2D eigenvalue weighted by atomic mass is 10.2. The average Bonchev–Trinajstić information content (AvgIpc) is 2.70. The van der Waals surface area contributed by atoms with E-state index in [0.717, 1.165) is 19.3 Å². The summed E-state index contributed by atoms with van der Waals surface area (Å²) in [6.07, 6.45) is 9.54. The van der Waals surface area contributed by atoms with Crippen molar-refractivity contribution in [2.75, 3.05) is 13.2 Å². The molecule has 1 amide bonds. The van der Waals surface area contributed by atoms with Gasteiger partial charge in [0.15, 0.2) is 0 Å². The number of carbonyl (C=O) groups excluding carboxylic acids is 1. The van der Waals surface area contributed by atoms with E-state index in [0.29, 0.717) is 12.6 Å². The first-order chi connectivity index (χ1) is 7.33. The van der Waals surface area contributed by atoms with Crippen molar-refractivity contribution in [3.8, 4) is 0 Å². The minimum absolute atomic E-state index is 0.0141. The summed E-state index contributed by atoms with van der Waals surface area (Å²) in [7, 11) is 0. The van der Waals surface area contributed by atoms with Crippen molar-refractivity contribution in [2.45, 2.75) is 45.1 Å². The van der Waals surface area contributed by atoms with Gasteiger partial charge in [-0.25, -0.2) is 0 Å². The number of hydrogen-bond donors (Lipinski definition) is 1. The van der Waals surface area contributed by atoms with Crippen LogP contribution < -0.4 is 5.32 Å². The van der Waals surface area contributed by atoms with Crippen LogP contribution in [-0.4, -0.2) is 25.2 Å². The molecule has 1 rings (SSSR count). The highest BCUT2D eigenvalue weighted by atomic mass is 16.5. The molecule has 3 nitrogen and oxygen atoms in total. The van der Waals surface area contributed by atoms with Crippen LogP contribution in [0.3, 0.4) is 0 Å². The monoisotopic (exact) mass is 211 g/mol. The second kappa shape index (κ2) is 7.46. The third-order valence-corrected chi connectivity index (χ3v) is 2.50. The standard InChI is InChI=1S/C12H21NO2/c1-2-3-6-9-15-10-12(14)13-11-7-4-5-8-11/h4-5,11H,2-3,6-10H2,1H3,(H,13,14). The molecule has 0 saturated heterocycles. The molecule has 0 aliphatic heterocycles. The molecule has 0 aromatic carbocycles. The van der Waals surface area contributed by atoms with E-state index in [1.165, 1.54) is 12.8 Å². The van der Waals surface area contributed by atoms with Crippen LogP contribution in [0, 0.1) is 0 Å². The fourth-order valence-electron chi connectivity index (χ4n) is 1.62. The Morgan fingerprint density at radius 2 is 2.13 bits per heavy atom. The van der Waals surface area contributed by atoms with Crippen molar-refractivity contribution in [1.82, 2.24) is 5.32 Å². The number of amides is 1. The number of nitrogens with one attached hydrogen (secondary N) is 1. The maximum Gasteiger partial charge on any atom is 0.246 e. The number of unbranched alkanes of at least 4 members (excludes halogenated alkanes) is 2. The zero-order valence-electron chi connectivity index (χ0n) is 9.50. The zero-order chi connectivity index (χ0) is 10.9. The van der Waals surface area contributed by atoms with Gasteiger partial charge in [-0.15, -0.1) is 0 Å². The normalized spacial score (nSPS) is 15.8. The fourth-order valence-corrected chi connectivity index (χ4v) is 1.62. The Hall–Kier alpha value is -0.830. The first-order valence-electron chi connectivity index (χ1n) is 5.85. The SMILES string of the molecule is CCCCCOCC(=O)NC1CC=CC1. The molecule has 0 saturated carbocycles. The number of ether oxygens (including phenoxy) is 1. The summed E-state index contributed by atoms with van der Waals surface area (Å²) in [5.74, 6) is 0.0141. The first-order valence-corrected chi connectivity index (χ1v) is 5.85. The van der Waals surface area contributed by atoms with Gasteiger partial charge in [-0.05, 0) is 19.3 Å². The molecule has 0 bridgehead atoms. The van der Waals surface area contributed by atoms with E-state index in [9.17, 15) is 4.79 Å². The molecule has 0 aromatic rings. The van der Waals surface area contributed by atoms with Crippen molar-refractivity contribution in [3.05, 3.63) is 12.2 Å². The molecule has 1 aliphatic rings. The molecular weight excluding hydrogens is 190 g/mol. The highest BCUT2D eigenvalue weighted by molar-refractivity contribution is 5.77. The van der Waals surface area contributed by atoms with Gasteiger partial charge in [0.2, 0.25) is 5.91 Å². The van der Waals surface area contributed by atoms with Crippen LogP contribution in [0.2, 0.25) is 0 Å². The fraction of sp³-hybridized carbons (Fsp3) is 0.750. The minimum atomic E-state index is 0.0141. The molecular formula is C12H21NO2. The van der Waals surface area contributed by atoms with Crippen molar-refractivity contribution in [2.24, 2.45) is 0 Å². The summed E-state index contributed by atoms with van der Waals surface area (Å²) in [5.41, 5.74) is 0. The lowest BCUT2D eigenvalue weighted by molar-refractivity contribution is -0.126. The summed E-state index contributed by atoms with van der Waals surface area (Å²) >= 11 is 0. The van der Waals surface area contributed by atoms with Gasteiger partial charge in [0.25, 0.3) is 0 Å². The van der Waals surface area contributed by atoms with Crippen molar-refractivity contribution >= 4 is 5.91 Å². The third-order valence-electron chi connectivity index (χ3n) is 2.50. The molecule has 1 N–H and O–H groups in total. The molecule has 0 unspecified atom stereocenters. The van der Waals surface area contributed by atoms with Crippen LogP contribution in [0.15, 0.2) is 12.2 Å². The average molecular weight is 211 g/mol. The molecule has 86 valence electrons. The van der Waals surface area contributed by atoms with E-state index in [2.05, 4.69) is 24.4 Å². The van der Waals surface area contributed by atoms with Gasteiger partial charge in [-0.2, -0.15) is 0 Å². The Balaban J connectivity index is 1.94. The maximum absolute atomic E-state index is 11.4. The first kappa shape index (κ1) is 12.2. The summed E-state index contributed by atoms with van der Waals surface area (Å²) < 4.78 is 5.28. The second-order valence-electron chi connectivity index (χ2n) is 3.97. The largest absolute Gasteiger partial charge is 0.372 e. The van der Waals surface area contributed by atoms with E-state index < -0.39 is 0 Å². The quantitative estimate of drug-likeness (QED) is 0.517. The molecule has 0 radical (unpaired) electrons. The van der Waals surface area contributed by atoms with E-state index in [1.807, 2.05) is 0 Å². The summed E-state index contributed by atoms with van der Waals surface area (Å²) in [5, 5.41) is 2.94. The van der Waals surface area contributed by atoms with Crippen LogP contribution in [-0.2, 0) is 9.53 Å². The minimum Gasteiger partial charge on any atom is -0.372 e. The number of rotatable bonds is 7. The summed E-state index contributed by atoms with van der Waals surface area (Å²) in [6, 6.07) is 0.303. The highest BCUT2D eigenvalue weighted by Crippen LogP contribution is 2.08. The van der Waals surface area contributed by atoms with Crippen LogP contribution in [0.1, 0.15) is 39.0 Å². The van der Waals surface area contributed by atoms with Gasteiger partial charge >= 0.3 is 0 Å². The number of hydrogen-bond acceptors (Lipinski definition) is 2. The van der Waals surface area contributed by atoms with Crippen LogP contribution in [0.5, 0.6) is 0 Å². The van der Waals surface area contributed by atoms with Gasteiger partial charge in [-0.1, -0.05) is 31.9 Å². The van der Waals surface area contributed by atoms with Crippen LogP contribution in [0.25, 0.3) is 0 Å². The smallest absolute Gasteiger partial charge is 0.246 e. The maximum atomic E-state index is 11.4. The molecule has 15 heavy (non-hydrogen) atoms. The lowest BCUT2D eigenvalue weighted by Gasteiger charge is -2.11. The van der Waals surface area contributed by atoms with Crippen LogP contribution >= 0.6 is 0 Å². The molecule has 0 spiro atoms. The van der Waals surface area contributed by atoms with Gasteiger partial charge in [0.1, 0.15) is 6.61 Å². The van der Waals surface area contributed by atoms with Crippen molar-refractivity contribution < 1.29 is 9.53 Å². The van der Waals surface area contributed by atoms with Crippen molar-refractivity contribution in [3.63, 3.8) is 0 Å². The highest BCUT2D eigenvalue weighted by Gasteiger charge is 2.12. The van der Waals surface area contributed by atoms with Gasteiger partial charge in [-0.3, -0.25) is 4.79 Å². The van der Waals surface area contributed by atoms with Crippen molar-refractivity contribution in [1.29, 1.82) is 0 Å². The van der Waals surface area contributed by atoms with Gasteiger partial charge in [0, 0.05) is 12.6 Å². The zero-order valence-corrected chi connectivity index (χ0v) is 9.50. The second-order valence-corrected chi connectivity index (χ2v) is 3.97. The van der Waals surface area contributed by atoms with Crippen LogP contribution in [0.4, 0.5) is 0 Å². The predicted octanol–water partition coefficient (Wildman–Crippen LogP) is 2.03. The molecule has 0 atom stereocenters. The summed E-state index contributed by atoms with van der Waals surface area (Å²) in [4.78, 5) is 11.4. The Kier molecular flexibility index (Phi) is 6.09. The van der Waals surface area contributed by atoms with Gasteiger partial charge in [0.05, 0.1) is 0 Å². The van der Waals surface area contributed by atoms with E-state index in [1.54, 1.807) is 0 Å². The molecule has 3 heteroatoms. The predicted molar refractivity (Wildman–Crippen MR) is 60.6 cm³/mol. The Bertz CT molecular complexity index is 206. The topological polar surface area (TPSA) is 38.3 Å². The van der Waals surface area contributed by atoms with E-state index >= 15 is 0 Å². The molecule has 1 aliphatic carbocycles. The Morgan fingerprint density at radius 3 is 2.80 bits per heavy atom. The van der Waals surface area contributed by atoms with E-state index in [-0.39, 0.29) is 12.5 Å². The third kappa shape index (κ3) is 5.57. The molecule has 0 aromatic heterocycles. The number of carbonyl (C=O) groups is 1. The van der Waals surface area contributed by atoms with E-state index in [4.69, 9.17) is 4.74 Å². The Labute approximate surface area is 91.9 Å². The van der Waals surface area contributed by atoms with Gasteiger partial charge < -0.3 is 10.1 Å². The molecule has 0 fully saturated rings. The summed E-state index contributed by atoms with van der Waals surface area (Å²) in [6.45, 7) is 3.06. The lowest BCUT2D eigenvalue weighted by Crippen LogP contribution is -2.35.